The average Bonchev–Trinajstić information content (AvgIpc) is 2.14. The van der Waals surface area contributed by atoms with Crippen LogP contribution in [0.5, 0.6) is 0 Å². The number of ether oxygens (including phenoxy) is 2. The summed E-state index contributed by atoms with van der Waals surface area (Å²) >= 11 is 0. The van der Waals surface area contributed by atoms with E-state index in [1.165, 1.54) is 167 Å². The summed E-state index contributed by atoms with van der Waals surface area (Å²) < 4.78 is 34.8. The van der Waals surface area contributed by atoms with E-state index in [0.717, 1.165) is 122 Å². The Labute approximate surface area is 568 Å². The average molecular weight is 1300 g/mol. The van der Waals surface area contributed by atoms with E-state index in [4.69, 9.17) is 18.5 Å². The predicted molar refractivity (Wildman–Crippen MR) is 399 cm³/mol. The van der Waals surface area contributed by atoms with Gasteiger partial charge in [0.15, 0.2) is 6.10 Å². The van der Waals surface area contributed by atoms with Crippen LogP contribution in [0.3, 0.4) is 0 Å². The monoisotopic (exact) mass is 1300 g/mol. The third kappa shape index (κ3) is 75.2. The van der Waals surface area contributed by atoms with Crippen LogP contribution in [-0.2, 0) is 32.7 Å². The van der Waals surface area contributed by atoms with Crippen LogP contribution in [0.25, 0.3) is 0 Å². The fraction of sp³-hybridized carbons (Fsp3) is 0.707. The van der Waals surface area contributed by atoms with Crippen LogP contribution in [0.4, 0.5) is 0 Å². The molecule has 2 unspecified atom stereocenters. The van der Waals surface area contributed by atoms with Crippen molar-refractivity contribution in [2.24, 2.45) is 0 Å². The Morgan fingerprint density at radius 1 is 0.348 bits per heavy atom. The summed E-state index contributed by atoms with van der Waals surface area (Å²) in [6, 6.07) is 0. The molecule has 1 N–H and O–H groups in total. The lowest BCUT2D eigenvalue weighted by atomic mass is 10.0. The Bertz CT molecular complexity index is 2020. The second kappa shape index (κ2) is 71.4. The number of quaternary nitrogens is 1. The number of esters is 2. The fourth-order valence-electron chi connectivity index (χ4n) is 10.4. The summed E-state index contributed by atoms with van der Waals surface area (Å²) in [5, 5.41) is 0. The molecule has 0 rings (SSSR count). The Morgan fingerprint density at radius 3 is 0.924 bits per heavy atom. The molecule has 0 aromatic carbocycles. The van der Waals surface area contributed by atoms with Crippen molar-refractivity contribution in [2.45, 2.75) is 328 Å². The third-order valence-electron chi connectivity index (χ3n) is 16.2. The predicted octanol–water partition coefficient (Wildman–Crippen LogP) is 25.2. The molecule has 0 saturated heterocycles. The summed E-state index contributed by atoms with van der Waals surface area (Å²) in [4.78, 5) is 35.9. The van der Waals surface area contributed by atoms with Gasteiger partial charge < -0.3 is 18.9 Å². The van der Waals surface area contributed by atoms with Gasteiger partial charge in [0.05, 0.1) is 27.7 Å². The largest absolute Gasteiger partial charge is 0.472 e. The van der Waals surface area contributed by atoms with E-state index in [-0.39, 0.29) is 32.0 Å². The Morgan fingerprint density at radius 2 is 0.620 bits per heavy atom. The number of phosphoric ester groups is 1. The molecule has 0 aromatic heterocycles. The zero-order valence-corrected chi connectivity index (χ0v) is 61.1. The molecule has 0 heterocycles. The SMILES string of the molecule is CC/C=C\C/C=C\C/C=C\C/C=C\C/C=C\C/C=C\C/C=C\C/C=C\CCCCCCCCC(=O)OC(COC(=O)CCCCCCCCCCCCCCCCCCCCCCCC/C=C\C/C=C\C/C=C\CCCCCCC)COP(=O)(O)OCC[N+](C)(C)C. The van der Waals surface area contributed by atoms with Gasteiger partial charge in [-0.25, -0.2) is 4.57 Å². The first-order chi connectivity index (χ1) is 45.0. The van der Waals surface area contributed by atoms with Gasteiger partial charge in [-0.2, -0.15) is 0 Å². The van der Waals surface area contributed by atoms with Crippen LogP contribution >= 0.6 is 7.82 Å². The Kier molecular flexibility index (Phi) is 68.5. The second-order valence-electron chi connectivity index (χ2n) is 26.3. The van der Waals surface area contributed by atoms with Gasteiger partial charge in [0.1, 0.15) is 19.8 Å². The van der Waals surface area contributed by atoms with E-state index < -0.39 is 26.5 Å². The van der Waals surface area contributed by atoms with Crippen LogP contribution in [0.1, 0.15) is 322 Å². The van der Waals surface area contributed by atoms with Gasteiger partial charge in [-0.1, -0.05) is 327 Å². The lowest BCUT2D eigenvalue weighted by Crippen LogP contribution is -2.37. The molecule has 528 valence electrons. The maximum absolute atomic E-state index is 12.9. The minimum atomic E-state index is -4.41. The standard InChI is InChI=1S/C82H142NO8P/c1-6-8-10-12-14-16-18-20-22-24-26-28-30-32-34-36-38-39-40-41-42-43-45-46-48-50-52-54-56-58-60-62-64-66-68-70-72-74-81(84)88-78-80(79-90-92(86,87)89-77-76-83(3,4)5)91-82(85)75-73-71-69-67-65-63-61-59-57-55-53-51-49-47-44-37-35-33-31-29-27-25-23-21-19-17-15-13-11-9-7-2/h9,11,15,17-18,20-21,23-24,26-27,29-30,32-33,35,44,47,51,53,57,59,80H,6-8,10,12-14,16,19,22,25,28,31,34,36-43,45-46,48-50,52,54-56,58,60-79H2,1-5H3/p+1/b11-9-,17-15-,20-18-,23-21-,26-24-,29-27-,32-30-,35-33-,47-44-,53-51-,59-57-. The van der Waals surface area contributed by atoms with Gasteiger partial charge >= 0.3 is 19.8 Å². The molecule has 0 aliphatic carbocycles. The molecule has 0 amide bonds. The molecule has 9 nitrogen and oxygen atoms in total. The third-order valence-corrected chi connectivity index (χ3v) is 17.1. The fourth-order valence-corrected chi connectivity index (χ4v) is 11.1. The summed E-state index contributed by atoms with van der Waals surface area (Å²) in [7, 11) is 1.46. The van der Waals surface area contributed by atoms with Gasteiger partial charge in [0, 0.05) is 12.8 Å². The molecule has 0 aliphatic rings. The van der Waals surface area contributed by atoms with Crippen LogP contribution in [0.2, 0.25) is 0 Å². The Hall–Kier alpha value is -3.85. The number of hydrogen-bond donors (Lipinski definition) is 1. The molecular formula is C82H143NO8P+. The summed E-state index contributed by atoms with van der Waals surface area (Å²) in [5.41, 5.74) is 0. The van der Waals surface area contributed by atoms with Crippen LogP contribution in [0.15, 0.2) is 134 Å². The zero-order chi connectivity index (χ0) is 66.9. The maximum atomic E-state index is 12.9. The number of phosphoric acid groups is 1. The summed E-state index contributed by atoms with van der Waals surface area (Å²) in [6.45, 7) is 4.31. The second-order valence-corrected chi connectivity index (χ2v) is 27.8. The van der Waals surface area contributed by atoms with E-state index in [9.17, 15) is 19.0 Å². The van der Waals surface area contributed by atoms with E-state index in [0.29, 0.717) is 17.4 Å². The molecule has 0 spiro atoms. The minimum absolute atomic E-state index is 0.0233. The Balaban J connectivity index is 4.04. The molecule has 92 heavy (non-hydrogen) atoms. The van der Waals surface area contributed by atoms with Crippen molar-refractivity contribution in [1.82, 2.24) is 0 Å². The first-order valence-corrected chi connectivity index (χ1v) is 39.4. The highest BCUT2D eigenvalue weighted by Gasteiger charge is 2.27. The topological polar surface area (TPSA) is 108 Å². The molecular weight excluding hydrogens is 1160 g/mol. The van der Waals surface area contributed by atoms with E-state index in [2.05, 4.69) is 148 Å². The maximum Gasteiger partial charge on any atom is 0.472 e. The molecule has 0 bridgehead atoms. The quantitative estimate of drug-likeness (QED) is 0.0211. The first kappa shape index (κ1) is 88.2. The van der Waals surface area contributed by atoms with Crippen molar-refractivity contribution in [3.05, 3.63) is 134 Å². The molecule has 2 atom stereocenters. The highest BCUT2D eigenvalue weighted by Crippen LogP contribution is 2.43. The van der Waals surface area contributed by atoms with Gasteiger partial charge in [-0.05, 0) is 116 Å². The number of carbonyl (C=O) groups is 2. The van der Waals surface area contributed by atoms with E-state index >= 15 is 0 Å². The van der Waals surface area contributed by atoms with Gasteiger partial charge in [-0.15, -0.1) is 0 Å². The van der Waals surface area contributed by atoms with Gasteiger partial charge in [0.25, 0.3) is 0 Å². The normalized spacial score (nSPS) is 13.8. The molecule has 0 aromatic rings. The first-order valence-electron chi connectivity index (χ1n) is 37.9. The molecule has 0 fully saturated rings. The molecule has 0 saturated carbocycles. The summed E-state index contributed by atoms with van der Waals surface area (Å²) in [5.74, 6) is -0.811. The number of rotatable bonds is 69. The van der Waals surface area contributed by atoms with Crippen LogP contribution in [0, 0.1) is 0 Å². The molecule has 0 radical (unpaired) electrons. The van der Waals surface area contributed by atoms with Crippen molar-refractivity contribution in [2.75, 3.05) is 47.5 Å². The van der Waals surface area contributed by atoms with E-state index in [1.54, 1.807) is 0 Å². The minimum Gasteiger partial charge on any atom is -0.462 e. The van der Waals surface area contributed by atoms with Crippen molar-refractivity contribution < 1.29 is 42.1 Å². The number of unbranched alkanes of at least 4 members (excludes halogenated alkanes) is 33. The number of carbonyl (C=O) groups excluding carboxylic acids is 2. The van der Waals surface area contributed by atoms with Crippen LogP contribution in [-0.4, -0.2) is 74.9 Å². The van der Waals surface area contributed by atoms with Crippen LogP contribution < -0.4 is 0 Å². The molecule has 10 heteroatoms. The number of likely N-dealkylation sites (N-methyl/N-ethyl adjacent to an activating group) is 1. The summed E-state index contributed by atoms with van der Waals surface area (Å²) in [6.07, 6.45) is 104. The zero-order valence-electron chi connectivity index (χ0n) is 60.2. The lowest BCUT2D eigenvalue weighted by molar-refractivity contribution is -0.870. The van der Waals surface area contributed by atoms with Gasteiger partial charge in [0.2, 0.25) is 0 Å². The van der Waals surface area contributed by atoms with Gasteiger partial charge in [-0.3, -0.25) is 18.6 Å². The number of hydrogen-bond acceptors (Lipinski definition) is 7. The number of nitrogens with zero attached hydrogens (tertiary/aromatic N) is 1. The number of allylic oxidation sites excluding steroid dienone is 22. The lowest BCUT2D eigenvalue weighted by Gasteiger charge is -2.24. The van der Waals surface area contributed by atoms with E-state index in [1.807, 2.05) is 21.1 Å². The van der Waals surface area contributed by atoms with Crippen molar-refractivity contribution in [1.29, 1.82) is 0 Å². The van der Waals surface area contributed by atoms with Crippen molar-refractivity contribution in [3.63, 3.8) is 0 Å². The highest BCUT2D eigenvalue weighted by molar-refractivity contribution is 7.47. The highest BCUT2D eigenvalue weighted by atomic mass is 31.2. The molecule has 0 aliphatic heterocycles. The van der Waals surface area contributed by atoms with Crippen molar-refractivity contribution in [3.8, 4) is 0 Å². The van der Waals surface area contributed by atoms with Crippen molar-refractivity contribution >= 4 is 19.8 Å². The smallest absolute Gasteiger partial charge is 0.462 e.